The molecule has 1 aliphatic heterocycles. The van der Waals surface area contributed by atoms with Gasteiger partial charge in [-0.15, -0.1) is 0 Å². The molecule has 3 nitrogen and oxygen atoms in total. The van der Waals surface area contributed by atoms with Gasteiger partial charge in [-0.3, -0.25) is 4.79 Å². The number of likely N-dealkylation sites (N-methyl/N-ethyl adjacent to an activating group) is 1. The molecule has 0 saturated carbocycles. The molecule has 1 saturated heterocycles. The number of benzene rings is 1. The van der Waals surface area contributed by atoms with Crippen molar-refractivity contribution in [2.45, 2.75) is 32.6 Å². The van der Waals surface area contributed by atoms with Crippen molar-refractivity contribution in [2.75, 3.05) is 32.7 Å². The third-order valence-corrected chi connectivity index (χ3v) is 4.26. The first-order valence-corrected chi connectivity index (χ1v) is 7.82. The van der Waals surface area contributed by atoms with Gasteiger partial charge in [0.1, 0.15) is 0 Å². The number of hydrogen-bond donors (Lipinski definition) is 0. The first kappa shape index (κ1) is 15.0. The molecule has 20 heavy (non-hydrogen) atoms. The summed E-state index contributed by atoms with van der Waals surface area (Å²) in [5, 5.41) is 0. The molecule has 1 aromatic rings. The van der Waals surface area contributed by atoms with Gasteiger partial charge in [-0.1, -0.05) is 44.2 Å². The lowest BCUT2D eigenvalue weighted by molar-refractivity contribution is -0.132. The highest BCUT2D eigenvalue weighted by Crippen LogP contribution is 2.22. The van der Waals surface area contributed by atoms with Gasteiger partial charge in [-0.25, -0.2) is 0 Å². The number of hydrogen-bond acceptors (Lipinski definition) is 2. The van der Waals surface area contributed by atoms with Gasteiger partial charge in [0.05, 0.1) is 5.92 Å². The van der Waals surface area contributed by atoms with Crippen molar-refractivity contribution in [3.8, 4) is 0 Å². The van der Waals surface area contributed by atoms with Gasteiger partial charge < -0.3 is 9.80 Å². The molecular formula is C17H26N2O. The van der Waals surface area contributed by atoms with Crippen LogP contribution in [0.3, 0.4) is 0 Å². The Morgan fingerprint density at radius 2 is 1.85 bits per heavy atom. The van der Waals surface area contributed by atoms with E-state index in [1.54, 1.807) is 0 Å². The molecule has 0 aromatic heterocycles. The minimum Gasteiger partial charge on any atom is -0.341 e. The van der Waals surface area contributed by atoms with Crippen molar-refractivity contribution < 1.29 is 4.79 Å². The Bertz CT molecular complexity index is 418. The van der Waals surface area contributed by atoms with Gasteiger partial charge in [0, 0.05) is 19.6 Å². The molecule has 0 N–H and O–H groups in total. The van der Waals surface area contributed by atoms with E-state index in [1.165, 1.54) is 0 Å². The molecule has 0 unspecified atom stereocenters. The van der Waals surface area contributed by atoms with Gasteiger partial charge in [0.15, 0.2) is 0 Å². The molecule has 1 amide bonds. The van der Waals surface area contributed by atoms with E-state index >= 15 is 0 Å². The number of carbonyl (C=O) groups is 1. The van der Waals surface area contributed by atoms with E-state index in [9.17, 15) is 4.79 Å². The predicted octanol–water partition coefficient (Wildman–Crippen LogP) is 2.73. The van der Waals surface area contributed by atoms with E-state index in [0.717, 1.165) is 51.1 Å². The molecular weight excluding hydrogens is 248 g/mol. The van der Waals surface area contributed by atoms with Gasteiger partial charge in [-0.2, -0.15) is 0 Å². The fourth-order valence-electron chi connectivity index (χ4n) is 2.97. The number of carbonyl (C=O) groups excluding carboxylic acids is 1. The first-order valence-electron chi connectivity index (χ1n) is 7.82. The summed E-state index contributed by atoms with van der Waals surface area (Å²) in [6, 6.07) is 10.2. The maximum absolute atomic E-state index is 12.8. The van der Waals surface area contributed by atoms with E-state index in [0.29, 0.717) is 5.91 Å². The average Bonchev–Trinajstić information content (AvgIpc) is 2.74. The molecule has 2 rings (SSSR count). The number of nitrogens with zero attached hydrogens (tertiary/aromatic N) is 2. The van der Waals surface area contributed by atoms with Crippen LogP contribution in [-0.2, 0) is 4.79 Å². The fourth-order valence-corrected chi connectivity index (χ4v) is 2.97. The molecule has 1 fully saturated rings. The second-order valence-electron chi connectivity index (χ2n) is 5.48. The molecule has 1 heterocycles. The predicted molar refractivity (Wildman–Crippen MR) is 82.8 cm³/mol. The molecule has 110 valence electrons. The lowest BCUT2D eigenvalue weighted by atomic mass is 9.95. The third-order valence-electron chi connectivity index (χ3n) is 4.26. The lowest BCUT2D eigenvalue weighted by Gasteiger charge is -2.26. The van der Waals surface area contributed by atoms with Crippen LogP contribution in [0.15, 0.2) is 30.3 Å². The monoisotopic (exact) mass is 274 g/mol. The summed E-state index contributed by atoms with van der Waals surface area (Å²) in [6.07, 6.45) is 1.96. The highest BCUT2D eigenvalue weighted by Gasteiger charge is 2.25. The van der Waals surface area contributed by atoms with Crippen molar-refractivity contribution in [1.29, 1.82) is 0 Å². The SMILES string of the molecule is CC[C@H](C(=O)N1CCCN(CC)CC1)c1ccccc1. The average molecular weight is 274 g/mol. The van der Waals surface area contributed by atoms with Crippen molar-refractivity contribution in [1.82, 2.24) is 9.80 Å². The van der Waals surface area contributed by atoms with Crippen molar-refractivity contribution in [3.05, 3.63) is 35.9 Å². The normalized spacial score (nSPS) is 18.6. The zero-order valence-corrected chi connectivity index (χ0v) is 12.7. The Labute approximate surface area is 122 Å². The molecule has 3 heteroatoms. The van der Waals surface area contributed by atoms with Crippen molar-refractivity contribution in [2.24, 2.45) is 0 Å². The Hall–Kier alpha value is -1.35. The zero-order chi connectivity index (χ0) is 14.4. The molecule has 1 aliphatic rings. The smallest absolute Gasteiger partial charge is 0.230 e. The summed E-state index contributed by atoms with van der Waals surface area (Å²) in [6.45, 7) is 9.27. The molecule has 1 aromatic carbocycles. The number of rotatable bonds is 4. The minimum absolute atomic E-state index is 0.0179. The van der Waals surface area contributed by atoms with Gasteiger partial charge in [0.2, 0.25) is 5.91 Å². The van der Waals surface area contributed by atoms with Crippen LogP contribution in [0.1, 0.15) is 38.2 Å². The second kappa shape index (κ2) is 7.44. The van der Waals surface area contributed by atoms with Gasteiger partial charge in [-0.05, 0) is 31.5 Å². The maximum Gasteiger partial charge on any atom is 0.230 e. The summed E-state index contributed by atoms with van der Waals surface area (Å²) >= 11 is 0. The van der Waals surface area contributed by atoms with Crippen LogP contribution in [0.25, 0.3) is 0 Å². The summed E-state index contributed by atoms with van der Waals surface area (Å²) in [5.41, 5.74) is 1.15. The van der Waals surface area contributed by atoms with Crippen LogP contribution in [0.5, 0.6) is 0 Å². The topological polar surface area (TPSA) is 23.6 Å². The van der Waals surface area contributed by atoms with Crippen LogP contribution >= 0.6 is 0 Å². The summed E-state index contributed by atoms with van der Waals surface area (Å²) < 4.78 is 0. The Balaban J connectivity index is 2.05. The van der Waals surface area contributed by atoms with Crippen LogP contribution in [-0.4, -0.2) is 48.4 Å². The molecule has 1 atom stereocenters. The largest absolute Gasteiger partial charge is 0.341 e. The third kappa shape index (κ3) is 3.60. The molecule has 0 radical (unpaired) electrons. The van der Waals surface area contributed by atoms with Gasteiger partial charge in [0.25, 0.3) is 0 Å². The van der Waals surface area contributed by atoms with E-state index in [-0.39, 0.29) is 5.92 Å². The van der Waals surface area contributed by atoms with Crippen LogP contribution in [0.4, 0.5) is 0 Å². The second-order valence-corrected chi connectivity index (χ2v) is 5.48. The van der Waals surface area contributed by atoms with Crippen molar-refractivity contribution in [3.63, 3.8) is 0 Å². The van der Waals surface area contributed by atoms with Gasteiger partial charge >= 0.3 is 0 Å². The lowest BCUT2D eigenvalue weighted by Crippen LogP contribution is -2.38. The zero-order valence-electron chi connectivity index (χ0n) is 12.7. The standard InChI is InChI=1S/C17H26N2O/c1-3-16(15-9-6-5-7-10-15)17(20)19-12-8-11-18(4-2)13-14-19/h5-7,9-10,16H,3-4,8,11-14H2,1-2H3/t16-/m0/s1. The summed E-state index contributed by atoms with van der Waals surface area (Å²) in [4.78, 5) is 17.3. The Kier molecular flexibility index (Phi) is 5.60. The van der Waals surface area contributed by atoms with Crippen molar-refractivity contribution >= 4 is 5.91 Å². The summed E-state index contributed by atoms with van der Waals surface area (Å²) in [7, 11) is 0. The Morgan fingerprint density at radius 3 is 2.50 bits per heavy atom. The first-order chi connectivity index (χ1) is 9.76. The van der Waals surface area contributed by atoms with Crippen LogP contribution in [0, 0.1) is 0 Å². The van der Waals surface area contributed by atoms with E-state index in [1.807, 2.05) is 18.2 Å². The van der Waals surface area contributed by atoms with E-state index in [4.69, 9.17) is 0 Å². The molecule has 0 spiro atoms. The summed E-state index contributed by atoms with van der Waals surface area (Å²) in [5.74, 6) is 0.320. The fraction of sp³-hybridized carbons (Fsp3) is 0.588. The quantitative estimate of drug-likeness (QED) is 0.843. The maximum atomic E-state index is 12.8. The van der Waals surface area contributed by atoms with Crippen LogP contribution < -0.4 is 0 Å². The molecule has 0 aliphatic carbocycles. The minimum atomic E-state index is 0.0179. The molecule has 0 bridgehead atoms. The highest BCUT2D eigenvalue weighted by molar-refractivity contribution is 5.83. The van der Waals surface area contributed by atoms with E-state index < -0.39 is 0 Å². The van der Waals surface area contributed by atoms with E-state index in [2.05, 4.69) is 35.8 Å². The Morgan fingerprint density at radius 1 is 1.10 bits per heavy atom. The van der Waals surface area contributed by atoms with Crippen LogP contribution in [0.2, 0.25) is 0 Å². The number of amides is 1. The highest BCUT2D eigenvalue weighted by atomic mass is 16.2.